The zero-order chi connectivity index (χ0) is 27.7. The van der Waals surface area contributed by atoms with Crippen molar-refractivity contribution in [1.82, 2.24) is 9.66 Å². The van der Waals surface area contributed by atoms with Crippen LogP contribution in [0.1, 0.15) is 21.7 Å². The Bertz CT molecular complexity index is 1810. The van der Waals surface area contributed by atoms with Crippen molar-refractivity contribution in [3.63, 3.8) is 0 Å². The van der Waals surface area contributed by atoms with Crippen LogP contribution in [-0.4, -0.2) is 29.0 Å². The minimum atomic E-state index is -4.59. The average molecular weight is 552 g/mol. The van der Waals surface area contributed by atoms with E-state index in [0.29, 0.717) is 21.9 Å². The van der Waals surface area contributed by atoms with E-state index in [4.69, 9.17) is 20.8 Å². The third kappa shape index (κ3) is 5.19. The van der Waals surface area contributed by atoms with E-state index in [-0.39, 0.29) is 28.1 Å². The number of carbonyl (C=O) groups excluding carboxylic acids is 1. The maximum Gasteiger partial charge on any atom is 0.416 e. The summed E-state index contributed by atoms with van der Waals surface area (Å²) < 4.78 is 51.6. The Morgan fingerprint density at radius 2 is 1.85 bits per heavy atom. The molecule has 2 aromatic heterocycles. The molecule has 39 heavy (non-hydrogen) atoms. The van der Waals surface area contributed by atoms with Crippen LogP contribution in [0.15, 0.2) is 93.2 Å². The predicted molar refractivity (Wildman–Crippen MR) is 140 cm³/mol. The van der Waals surface area contributed by atoms with Gasteiger partial charge in [0.2, 0.25) is 0 Å². The van der Waals surface area contributed by atoms with E-state index in [1.54, 1.807) is 36.4 Å². The molecule has 7 nitrogen and oxygen atoms in total. The van der Waals surface area contributed by atoms with Crippen molar-refractivity contribution in [2.24, 2.45) is 5.10 Å². The molecule has 0 aliphatic heterocycles. The maximum atomic E-state index is 13.4. The number of esters is 1. The first-order valence-corrected chi connectivity index (χ1v) is 11.8. The first kappa shape index (κ1) is 25.9. The highest BCUT2D eigenvalue weighted by Crippen LogP contribution is 2.32. The summed E-state index contributed by atoms with van der Waals surface area (Å²) in [5.41, 5.74) is -0.417. The van der Waals surface area contributed by atoms with E-state index in [1.165, 1.54) is 43.7 Å². The first-order valence-electron chi connectivity index (χ1n) is 11.4. The van der Waals surface area contributed by atoms with Crippen molar-refractivity contribution >= 4 is 34.7 Å². The normalized spacial score (nSPS) is 11.8. The van der Waals surface area contributed by atoms with Crippen molar-refractivity contribution in [3.8, 4) is 22.7 Å². The molecule has 196 valence electrons. The van der Waals surface area contributed by atoms with Gasteiger partial charge < -0.3 is 9.15 Å². The summed E-state index contributed by atoms with van der Waals surface area (Å²) in [5.74, 6) is -0.109. The number of halogens is 4. The van der Waals surface area contributed by atoms with Crippen molar-refractivity contribution < 1.29 is 27.1 Å². The zero-order valence-corrected chi connectivity index (χ0v) is 20.8. The number of ether oxygens (including phenoxy) is 1. The Balaban J connectivity index is 1.59. The highest BCUT2D eigenvalue weighted by Gasteiger charge is 2.31. The van der Waals surface area contributed by atoms with Gasteiger partial charge >= 0.3 is 12.1 Å². The quantitative estimate of drug-likeness (QED) is 0.180. The molecule has 0 aliphatic rings. The number of aromatic nitrogens is 2. The lowest BCUT2D eigenvalue weighted by molar-refractivity contribution is -0.137. The van der Waals surface area contributed by atoms with Gasteiger partial charge in [-0.3, -0.25) is 4.79 Å². The van der Waals surface area contributed by atoms with Gasteiger partial charge in [-0.25, -0.2) is 9.78 Å². The third-order valence-electron chi connectivity index (χ3n) is 5.78. The number of nitrogens with zero attached hydrogens (tertiary/aromatic N) is 3. The molecule has 0 aliphatic carbocycles. The Hall–Kier alpha value is -4.70. The van der Waals surface area contributed by atoms with Crippen molar-refractivity contribution in [2.45, 2.75) is 6.18 Å². The molecule has 11 heteroatoms. The molecule has 0 unspecified atom stereocenters. The molecule has 0 spiro atoms. The first-order chi connectivity index (χ1) is 18.7. The number of alkyl halides is 3. The number of rotatable bonds is 5. The van der Waals surface area contributed by atoms with E-state index in [1.807, 2.05) is 0 Å². The Labute approximate surface area is 223 Å². The maximum absolute atomic E-state index is 13.4. The summed E-state index contributed by atoms with van der Waals surface area (Å²) in [7, 11) is 1.26. The van der Waals surface area contributed by atoms with E-state index in [0.717, 1.165) is 16.8 Å². The largest absolute Gasteiger partial charge is 0.465 e. The molecule has 5 aromatic rings. The molecular formula is C28H17ClF3N3O4. The molecule has 0 saturated heterocycles. The van der Waals surface area contributed by atoms with E-state index in [9.17, 15) is 22.8 Å². The second kappa shape index (κ2) is 10.2. The number of carbonyl (C=O) groups is 1. The minimum absolute atomic E-state index is 0.0522. The second-order valence-electron chi connectivity index (χ2n) is 8.28. The third-order valence-corrected chi connectivity index (χ3v) is 6.11. The molecule has 2 heterocycles. The highest BCUT2D eigenvalue weighted by atomic mass is 35.5. The fraction of sp³-hybridized carbons (Fsp3) is 0.0714. The molecule has 3 aromatic carbocycles. The lowest BCUT2D eigenvalue weighted by atomic mass is 10.1. The summed E-state index contributed by atoms with van der Waals surface area (Å²) in [6.07, 6.45) is -3.35. The SMILES string of the molecule is COC(=O)c1ccc(Cl)c(-c2ccc(C=Nn3c(-c4cccc(C(F)(F)F)c4)nc4ccccc4c3=O)o2)c1. The molecule has 0 amide bonds. The van der Waals surface area contributed by atoms with Gasteiger partial charge in [-0.15, -0.1) is 0 Å². The van der Waals surface area contributed by atoms with Crippen molar-refractivity contribution in [1.29, 1.82) is 0 Å². The fourth-order valence-corrected chi connectivity index (χ4v) is 4.10. The van der Waals surface area contributed by atoms with Crippen LogP contribution in [-0.2, 0) is 10.9 Å². The molecule has 0 radical (unpaired) electrons. The van der Waals surface area contributed by atoms with E-state index < -0.39 is 23.3 Å². The molecule has 0 atom stereocenters. The lowest BCUT2D eigenvalue weighted by Crippen LogP contribution is -2.20. The number of furan rings is 1. The Kier molecular flexibility index (Phi) is 6.80. The van der Waals surface area contributed by atoms with Gasteiger partial charge in [0.05, 0.1) is 40.4 Å². The van der Waals surface area contributed by atoms with Crippen LogP contribution in [0.3, 0.4) is 0 Å². The Morgan fingerprint density at radius 3 is 2.62 bits per heavy atom. The van der Waals surface area contributed by atoms with Crippen molar-refractivity contribution in [2.75, 3.05) is 7.11 Å². The smallest absolute Gasteiger partial charge is 0.416 e. The summed E-state index contributed by atoms with van der Waals surface area (Å²) in [4.78, 5) is 29.7. The van der Waals surface area contributed by atoms with Crippen LogP contribution in [0.5, 0.6) is 0 Å². The van der Waals surface area contributed by atoms with Gasteiger partial charge in [-0.1, -0.05) is 35.9 Å². The van der Waals surface area contributed by atoms with Crippen molar-refractivity contribution in [3.05, 3.63) is 111 Å². The lowest BCUT2D eigenvalue weighted by Gasteiger charge is -2.11. The fourth-order valence-electron chi connectivity index (χ4n) is 3.89. The molecular weight excluding hydrogens is 535 g/mol. The van der Waals surface area contributed by atoms with Crippen LogP contribution < -0.4 is 5.56 Å². The topological polar surface area (TPSA) is 86.7 Å². The van der Waals surface area contributed by atoms with Crippen LogP contribution in [0.4, 0.5) is 13.2 Å². The van der Waals surface area contributed by atoms with Crippen LogP contribution >= 0.6 is 11.6 Å². The summed E-state index contributed by atoms with van der Waals surface area (Å²) in [5, 5.41) is 4.77. The summed E-state index contributed by atoms with van der Waals surface area (Å²) in [6.45, 7) is 0. The van der Waals surface area contributed by atoms with Crippen LogP contribution in [0, 0.1) is 0 Å². The molecule has 0 saturated carbocycles. The highest BCUT2D eigenvalue weighted by molar-refractivity contribution is 6.33. The average Bonchev–Trinajstić information content (AvgIpc) is 3.40. The molecule has 0 N–H and O–H groups in total. The van der Waals surface area contributed by atoms with Gasteiger partial charge in [-0.2, -0.15) is 22.9 Å². The number of methoxy groups -OCH3 is 1. The monoisotopic (exact) mass is 551 g/mol. The van der Waals surface area contributed by atoms with Gasteiger partial charge in [-0.05, 0) is 54.6 Å². The summed E-state index contributed by atoms with van der Waals surface area (Å²) in [6, 6.07) is 18.7. The van der Waals surface area contributed by atoms with Gasteiger partial charge in [0, 0.05) is 11.1 Å². The number of hydrogen-bond acceptors (Lipinski definition) is 6. The van der Waals surface area contributed by atoms with Gasteiger partial charge in [0.15, 0.2) is 5.82 Å². The molecule has 0 fully saturated rings. The van der Waals surface area contributed by atoms with E-state index >= 15 is 0 Å². The number of fused-ring (bicyclic) bond motifs is 1. The Morgan fingerprint density at radius 1 is 1.05 bits per heavy atom. The van der Waals surface area contributed by atoms with E-state index in [2.05, 4.69) is 10.1 Å². The summed E-state index contributed by atoms with van der Waals surface area (Å²) >= 11 is 6.29. The number of hydrogen-bond donors (Lipinski definition) is 0. The predicted octanol–water partition coefficient (Wildman–Crippen LogP) is 6.66. The molecule has 0 bridgehead atoms. The number of para-hydroxylation sites is 1. The minimum Gasteiger partial charge on any atom is -0.465 e. The second-order valence-corrected chi connectivity index (χ2v) is 8.69. The standard InChI is InChI=1S/C28H17ClF3N3O4/c1-38-27(37)17-9-11-22(29)21(14-17)24-12-10-19(39-24)15-33-35-25(16-5-4-6-18(13-16)28(30,31)32)34-23-8-3-2-7-20(23)26(35)36/h2-15H,1H3. The van der Waals surface area contributed by atoms with Gasteiger partial charge in [0.25, 0.3) is 5.56 Å². The van der Waals surface area contributed by atoms with Gasteiger partial charge in [0.1, 0.15) is 11.5 Å². The number of benzene rings is 3. The zero-order valence-electron chi connectivity index (χ0n) is 20.1. The molecule has 5 rings (SSSR count). The van der Waals surface area contributed by atoms with Crippen LogP contribution in [0.25, 0.3) is 33.6 Å². The van der Waals surface area contributed by atoms with Crippen LogP contribution in [0.2, 0.25) is 5.02 Å².